The minimum Gasteiger partial charge on any atom is -0.491 e. The number of aryl methyl sites for hydroxylation is 2. The molecule has 4 aliphatic rings. The molecule has 1 N–H and O–H groups in total. The van der Waals surface area contributed by atoms with Gasteiger partial charge in [-0.3, -0.25) is 19.1 Å². The van der Waals surface area contributed by atoms with Gasteiger partial charge >= 0.3 is 0 Å². The maximum atomic E-state index is 15.0. The molecule has 5 heterocycles. The van der Waals surface area contributed by atoms with Gasteiger partial charge < -0.3 is 18.8 Å². The number of ether oxygens (including phenoxy) is 2. The fourth-order valence-electron chi connectivity index (χ4n) is 9.07. The van der Waals surface area contributed by atoms with Gasteiger partial charge in [-0.05, 0) is 115 Å². The number of Topliss-reactive ketones (excluding diaryl/α,β-unsaturated/α-hetero) is 1. The predicted molar refractivity (Wildman–Crippen MR) is 236 cm³/mol. The van der Waals surface area contributed by atoms with Gasteiger partial charge in [-0.25, -0.2) is 22.8 Å². The van der Waals surface area contributed by atoms with Crippen LogP contribution in [0.3, 0.4) is 0 Å². The van der Waals surface area contributed by atoms with E-state index in [1.165, 1.54) is 18.2 Å². The number of thiazole rings is 1. The molecule has 0 spiro atoms. The van der Waals surface area contributed by atoms with Crippen LogP contribution in [0.25, 0.3) is 33.5 Å². The summed E-state index contributed by atoms with van der Waals surface area (Å²) in [4.78, 5) is 60.9. The summed E-state index contributed by atoms with van der Waals surface area (Å²) in [5.74, 6) is -1.43. The van der Waals surface area contributed by atoms with Gasteiger partial charge in [-0.1, -0.05) is 25.0 Å². The summed E-state index contributed by atoms with van der Waals surface area (Å²) < 4.78 is 61.8. The molecule has 2 aliphatic heterocycles. The van der Waals surface area contributed by atoms with Crippen molar-refractivity contribution in [2.45, 2.75) is 122 Å². The number of allylic oxidation sites excluding steroid dienone is 2. The molecule has 5 aromatic rings. The Bertz CT molecular complexity index is 2710. The fraction of sp³-hybridized carbons (Fsp3) is 0.489. The first-order valence-electron chi connectivity index (χ1n) is 22.0. The molecule has 13 nitrogen and oxygen atoms in total. The maximum Gasteiger partial charge on any atom is 0.262 e. The molecule has 63 heavy (non-hydrogen) atoms. The zero-order chi connectivity index (χ0) is 44.2. The number of furan rings is 1. The number of benzene rings is 2. The van der Waals surface area contributed by atoms with Gasteiger partial charge in [0.15, 0.2) is 11.6 Å². The van der Waals surface area contributed by atoms with Crippen molar-refractivity contribution in [3.63, 3.8) is 0 Å². The van der Waals surface area contributed by atoms with E-state index in [1.54, 1.807) is 16.2 Å². The average Bonchev–Trinajstić information content (AvgIpc) is 4.11. The summed E-state index contributed by atoms with van der Waals surface area (Å²) in [6, 6.07) is 10.5. The molecule has 0 radical (unpaired) electrons. The number of ketones is 1. The molecule has 0 unspecified atom stereocenters. The second-order valence-corrected chi connectivity index (χ2v) is 21.2. The van der Waals surface area contributed by atoms with Crippen LogP contribution in [0.1, 0.15) is 93.6 Å². The highest BCUT2D eigenvalue weighted by molar-refractivity contribution is 7.90. The first kappa shape index (κ1) is 43.1. The van der Waals surface area contributed by atoms with Crippen molar-refractivity contribution >= 4 is 61.0 Å². The number of halogens is 1. The molecule has 2 aliphatic carbocycles. The van der Waals surface area contributed by atoms with Crippen LogP contribution in [0, 0.1) is 36.9 Å². The molecule has 2 amide bonds. The number of sulfonamides is 1. The van der Waals surface area contributed by atoms with Gasteiger partial charge in [-0.15, -0.1) is 11.3 Å². The first-order chi connectivity index (χ1) is 30.2. The van der Waals surface area contributed by atoms with E-state index >= 15 is 4.79 Å². The fourth-order valence-corrected chi connectivity index (χ4v) is 11.5. The lowest BCUT2D eigenvalue weighted by Crippen LogP contribution is -2.46. The van der Waals surface area contributed by atoms with Gasteiger partial charge in [0.2, 0.25) is 27.4 Å². The van der Waals surface area contributed by atoms with Crippen molar-refractivity contribution in [2.75, 3.05) is 6.54 Å². The Balaban J connectivity index is 1.08. The summed E-state index contributed by atoms with van der Waals surface area (Å²) in [5.41, 5.74) is 1.21. The molecule has 332 valence electrons. The van der Waals surface area contributed by atoms with E-state index in [1.807, 2.05) is 64.1 Å². The van der Waals surface area contributed by atoms with E-state index in [4.69, 9.17) is 28.8 Å². The molecule has 16 heteroatoms. The zero-order valence-corrected chi connectivity index (χ0v) is 37.5. The van der Waals surface area contributed by atoms with Crippen LogP contribution < -0.4 is 14.2 Å². The standard InChI is InChI=1S/C47H52FN5O8S2/c1-26(2)59-33-15-12-29(13-16-33)43-50-41-36-21-32(48)14-19-39(36)61-42(41)44(51-43)60-34-22-37-38(54)24-47(46(56)52-63(57,58)35-17-18-35)23-31(47)11-9-7-5-6-8-10-30(45(55)53(37)25-34)20-40-49-27(3)28(4)62-40/h9,11-16,19,21,26,30-31,34-35,37H,5-8,10,17-18,20,22-25H2,1-4H3,(H,52,56)/b11-9-/t30-,31+,34-,37+,47-/m1/s1. The SMILES string of the molecule is Cc1nc(C[C@H]2CCCCC/C=C\[C@H]3C[C@@]3(C(=O)NS(=O)(=O)C3CC3)CC(=O)[C@@H]3C[C@@H](Oc4nc(-c5ccc(OC(C)C)cc5)nc5c4oc4ccc(F)cc45)CN3C2=O)sc1C. The Morgan fingerprint density at radius 1 is 1.05 bits per heavy atom. The average molecular weight is 898 g/mol. The van der Waals surface area contributed by atoms with Crippen molar-refractivity contribution in [3.8, 4) is 23.0 Å². The largest absolute Gasteiger partial charge is 0.491 e. The van der Waals surface area contributed by atoms with Crippen LogP contribution in [0.4, 0.5) is 4.39 Å². The molecule has 3 fully saturated rings. The second-order valence-electron chi connectivity index (χ2n) is 17.9. The summed E-state index contributed by atoms with van der Waals surface area (Å²) >= 11 is 1.57. The second kappa shape index (κ2) is 17.1. The molecule has 2 saturated carbocycles. The lowest BCUT2D eigenvalue weighted by Gasteiger charge is -2.29. The Hall–Kier alpha value is -5.22. The van der Waals surface area contributed by atoms with E-state index < -0.39 is 50.5 Å². The molecular weight excluding hydrogens is 846 g/mol. The van der Waals surface area contributed by atoms with Gasteiger partial charge in [0.25, 0.3) is 5.88 Å². The smallest absolute Gasteiger partial charge is 0.262 e. The van der Waals surface area contributed by atoms with E-state index in [0.29, 0.717) is 59.9 Å². The number of aromatic nitrogens is 3. The van der Waals surface area contributed by atoms with Gasteiger partial charge in [-0.2, -0.15) is 4.98 Å². The lowest BCUT2D eigenvalue weighted by atomic mass is 9.90. The van der Waals surface area contributed by atoms with Crippen LogP contribution in [-0.2, 0) is 30.8 Å². The van der Waals surface area contributed by atoms with Crippen molar-refractivity contribution < 1.29 is 41.1 Å². The highest BCUT2D eigenvalue weighted by Gasteiger charge is 2.61. The van der Waals surface area contributed by atoms with E-state index in [0.717, 1.165) is 41.3 Å². The number of nitrogens with one attached hydrogen (secondary N) is 1. The zero-order valence-electron chi connectivity index (χ0n) is 35.9. The molecule has 9 rings (SSSR count). The maximum absolute atomic E-state index is 15.0. The third kappa shape index (κ3) is 8.98. The van der Waals surface area contributed by atoms with Crippen molar-refractivity contribution in [1.29, 1.82) is 0 Å². The van der Waals surface area contributed by atoms with Gasteiger partial charge in [0.05, 0.1) is 40.1 Å². The van der Waals surface area contributed by atoms with Crippen LogP contribution in [0.5, 0.6) is 11.6 Å². The van der Waals surface area contributed by atoms with Crippen molar-refractivity contribution in [2.24, 2.45) is 17.3 Å². The van der Waals surface area contributed by atoms with Crippen LogP contribution in [-0.4, -0.2) is 75.9 Å². The highest BCUT2D eigenvalue weighted by Crippen LogP contribution is 2.57. The first-order valence-corrected chi connectivity index (χ1v) is 24.4. The van der Waals surface area contributed by atoms with E-state index in [-0.39, 0.29) is 60.4 Å². The highest BCUT2D eigenvalue weighted by atomic mass is 32.2. The van der Waals surface area contributed by atoms with E-state index in [9.17, 15) is 22.4 Å². The van der Waals surface area contributed by atoms with Crippen LogP contribution in [0.2, 0.25) is 0 Å². The number of carbonyl (C=O) groups excluding carboxylic acids is 3. The van der Waals surface area contributed by atoms with Gasteiger partial charge in [0, 0.05) is 41.0 Å². The Morgan fingerprint density at radius 2 is 1.84 bits per heavy atom. The lowest BCUT2D eigenvalue weighted by molar-refractivity contribution is -0.142. The summed E-state index contributed by atoms with van der Waals surface area (Å²) in [6.45, 7) is 7.88. The number of nitrogens with zero attached hydrogens (tertiary/aromatic N) is 4. The topological polar surface area (TPSA) is 171 Å². The summed E-state index contributed by atoms with van der Waals surface area (Å²) in [7, 11) is -3.87. The third-order valence-corrected chi connectivity index (χ3v) is 15.7. The van der Waals surface area contributed by atoms with Crippen molar-refractivity contribution in [1.82, 2.24) is 24.6 Å². The van der Waals surface area contributed by atoms with Crippen LogP contribution >= 0.6 is 11.3 Å². The predicted octanol–water partition coefficient (Wildman–Crippen LogP) is 8.34. The van der Waals surface area contributed by atoms with Gasteiger partial charge in [0.1, 0.15) is 28.8 Å². The quantitative estimate of drug-likeness (QED) is 0.134. The number of amides is 2. The number of hydrogen-bond acceptors (Lipinski definition) is 12. The number of carbonyl (C=O) groups is 3. The number of fused-ring (bicyclic) bond motifs is 5. The third-order valence-electron chi connectivity index (χ3n) is 12.8. The Kier molecular flexibility index (Phi) is 11.7. The molecule has 3 aromatic heterocycles. The summed E-state index contributed by atoms with van der Waals surface area (Å²) in [6.07, 6.45) is 8.72. The molecule has 2 aromatic carbocycles. The molecule has 0 bridgehead atoms. The molecule has 5 atom stereocenters. The normalized spacial score (nSPS) is 25.1. The monoisotopic (exact) mass is 897 g/mol. The number of rotatable bonds is 10. The summed E-state index contributed by atoms with van der Waals surface area (Å²) in [5, 5.41) is 0.677. The minimum atomic E-state index is -3.87. The minimum absolute atomic E-state index is 0.0280. The number of hydrogen-bond donors (Lipinski definition) is 1. The van der Waals surface area contributed by atoms with E-state index in [2.05, 4.69) is 4.72 Å². The van der Waals surface area contributed by atoms with Crippen LogP contribution in [0.15, 0.2) is 59.0 Å². The van der Waals surface area contributed by atoms with Crippen molar-refractivity contribution in [3.05, 3.63) is 76.0 Å². The Morgan fingerprint density at radius 3 is 2.57 bits per heavy atom. The molecular formula is C47H52FN5O8S2. The Labute approximate surface area is 369 Å². The molecule has 1 saturated heterocycles.